The van der Waals surface area contributed by atoms with Crippen molar-refractivity contribution >= 4 is 5.95 Å². The highest BCUT2D eigenvalue weighted by Gasteiger charge is 2.49. The molecule has 1 saturated carbocycles. The number of benzene rings is 1. The summed E-state index contributed by atoms with van der Waals surface area (Å²) in [4.78, 5) is 0. The van der Waals surface area contributed by atoms with E-state index in [2.05, 4.69) is 34.7 Å². The first-order valence-corrected chi connectivity index (χ1v) is 6.76. The molecule has 0 saturated heterocycles. The van der Waals surface area contributed by atoms with Gasteiger partial charge in [0.25, 0.3) is 0 Å². The van der Waals surface area contributed by atoms with Crippen LogP contribution in [0.3, 0.4) is 0 Å². The van der Waals surface area contributed by atoms with E-state index in [-0.39, 0.29) is 11.5 Å². The number of ether oxygens (including phenoxy) is 1. The van der Waals surface area contributed by atoms with E-state index in [9.17, 15) is 0 Å². The lowest BCUT2D eigenvalue weighted by Gasteiger charge is -2.51. The van der Waals surface area contributed by atoms with Gasteiger partial charge in [0.05, 0.1) is 11.8 Å². The van der Waals surface area contributed by atoms with Crippen LogP contribution in [0.5, 0.6) is 0 Å². The van der Waals surface area contributed by atoms with Gasteiger partial charge in [-0.1, -0.05) is 37.1 Å². The highest BCUT2D eigenvalue weighted by molar-refractivity contribution is 5.40. The second-order valence-corrected chi connectivity index (χ2v) is 5.73. The quantitative estimate of drug-likeness (QED) is 0.921. The van der Waals surface area contributed by atoms with Crippen molar-refractivity contribution in [3.8, 4) is 5.69 Å². The van der Waals surface area contributed by atoms with Crippen LogP contribution in [0, 0.1) is 5.41 Å². The highest BCUT2D eigenvalue weighted by atomic mass is 16.5. The highest BCUT2D eigenvalue weighted by Crippen LogP contribution is 2.43. The SMILES string of the molecule is COC1CC(Nc2nnnn2-c2ccccc2)C1(C)C. The number of para-hydroxylation sites is 1. The van der Waals surface area contributed by atoms with Gasteiger partial charge in [0.1, 0.15) is 0 Å². The molecule has 1 N–H and O–H groups in total. The lowest BCUT2D eigenvalue weighted by Crippen LogP contribution is -2.58. The van der Waals surface area contributed by atoms with Crippen LogP contribution >= 0.6 is 0 Å². The largest absolute Gasteiger partial charge is 0.381 e. The molecule has 6 nitrogen and oxygen atoms in total. The summed E-state index contributed by atoms with van der Waals surface area (Å²) in [5, 5.41) is 15.3. The van der Waals surface area contributed by atoms with Gasteiger partial charge < -0.3 is 10.1 Å². The normalized spacial score (nSPS) is 24.1. The molecule has 1 aromatic carbocycles. The molecule has 2 aromatic rings. The van der Waals surface area contributed by atoms with E-state index in [0.29, 0.717) is 12.0 Å². The van der Waals surface area contributed by atoms with Crippen LogP contribution in [-0.4, -0.2) is 39.5 Å². The Bertz CT molecular complexity index is 580. The van der Waals surface area contributed by atoms with Gasteiger partial charge >= 0.3 is 0 Å². The molecular formula is C14H19N5O. The Morgan fingerprint density at radius 3 is 2.70 bits per heavy atom. The Hall–Kier alpha value is -1.95. The predicted octanol–water partition coefficient (Wildman–Crippen LogP) is 1.89. The molecule has 1 aromatic heterocycles. The Kier molecular flexibility index (Phi) is 3.17. The van der Waals surface area contributed by atoms with E-state index in [4.69, 9.17) is 4.74 Å². The Morgan fingerprint density at radius 2 is 2.05 bits per heavy atom. The number of tetrazole rings is 1. The summed E-state index contributed by atoms with van der Waals surface area (Å²) in [7, 11) is 1.76. The third-order valence-corrected chi connectivity index (χ3v) is 4.24. The van der Waals surface area contributed by atoms with Gasteiger partial charge in [-0.2, -0.15) is 4.68 Å². The molecule has 106 valence electrons. The van der Waals surface area contributed by atoms with Crippen molar-refractivity contribution in [2.45, 2.75) is 32.4 Å². The number of hydrogen-bond acceptors (Lipinski definition) is 5. The molecule has 1 aliphatic carbocycles. The van der Waals surface area contributed by atoms with E-state index in [0.717, 1.165) is 12.1 Å². The summed E-state index contributed by atoms with van der Waals surface area (Å²) in [5.41, 5.74) is 1.02. The number of nitrogens with zero attached hydrogens (tertiary/aromatic N) is 4. The summed E-state index contributed by atoms with van der Waals surface area (Å²) in [6, 6.07) is 10.2. The molecule has 0 aliphatic heterocycles. The standard InChI is InChI=1S/C14H19N5O/c1-14(2)11(9-12(14)20-3)15-13-16-17-18-19(13)10-7-5-4-6-8-10/h4-8,11-12H,9H2,1-3H3,(H,15,16,18). The number of methoxy groups -OCH3 is 1. The minimum absolute atomic E-state index is 0.0716. The topological polar surface area (TPSA) is 64.9 Å². The van der Waals surface area contributed by atoms with Crippen molar-refractivity contribution in [2.75, 3.05) is 12.4 Å². The van der Waals surface area contributed by atoms with Crippen molar-refractivity contribution in [1.82, 2.24) is 20.2 Å². The Morgan fingerprint density at radius 1 is 1.30 bits per heavy atom. The zero-order valence-electron chi connectivity index (χ0n) is 11.9. The van der Waals surface area contributed by atoms with E-state index in [1.165, 1.54) is 0 Å². The van der Waals surface area contributed by atoms with Crippen LogP contribution in [0.1, 0.15) is 20.3 Å². The predicted molar refractivity (Wildman–Crippen MR) is 75.8 cm³/mol. The van der Waals surface area contributed by atoms with E-state index in [1.807, 2.05) is 30.3 Å². The van der Waals surface area contributed by atoms with Crippen LogP contribution in [0.25, 0.3) is 5.69 Å². The van der Waals surface area contributed by atoms with Gasteiger partial charge in [-0.3, -0.25) is 0 Å². The third kappa shape index (κ3) is 2.06. The van der Waals surface area contributed by atoms with Crippen LogP contribution < -0.4 is 5.32 Å². The summed E-state index contributed by atoms with van der Waals surface area (Å²) in [6.07, 6.45) is 1.24. The zero-order chi connectivity index (χ0) is 14.2. The minimum Gasteiger partial charge on any atom is -0.381 e. The van der Waals surface area contributed by atoms with E-state index in [1.54, 1.807) is 11.8 Å². The van der Waals surface area contributed by atoms with Crippen molar-refractivity contribution in [1.29, 1.82) is 0 Å². The molecule has 20 heavy (non-hydrogen) atoms. The van der Waals surface area contributed by atoms with Gasteiger partial charge in [-0.05, 0) is 29.0 Å². The Labute approximate surface area is 118 Å². The molecule has 2 atom stereocenters. The molecular weight excluding hydrogens is 254 g/mol. The maximum atomic E-state index is 5.47. The van der Waals surface area contributed by atoms with Gasteiger partial charge in [0.2, 0.25) is 5.95 Å². The number of rotatable bonds is 4. The molecule has 1 heterocycles. The minimum atomic E-state index is 0.0716. The lowest BCUT2D eigenvalue weighted by atomic mass is 9.64. The summed E-state index contributed by atoms with van der Waals surface area (Å²) in [6.45, 7) is 4.39. The molecule has 0 radical (unpaired) electrons. The maximum absolute atomic E-state index is 5.47. The van der Waals surface area contributed by atoms with Crippen LogP contribution in [0.2, 0.25) is 0 Å². The van der Waals surface area contributed by atoms with Gasteiger partial charge in [0, 0.05) is 18.6 Å². The van der Waals surface area contributed by atoms with E-state index < -0.39 is 0 Å². The fourth-order valence-corrected chi connectivity index (χ4v) is 2.71. The van der Waals surface area contributed by atoms with Gasteiger partial charge in [0.15, 0.2) is 0 Å². The van der Waals surface area contributed by atoms with Crippen LogP contribution in [-0.2, 0) is 4.74 Å². The van der Waals surface area contributed by atoms with Gasteiger partial charge in [-0.25, -0.2) is 0 Å². The van der Waals surface area contributed by atoms with Crippen LogP contribution in [0.15, 0.2) is 30.3 Å². The summed E-state index contributed by atoms with van der Waals surface area (Å²) < 4.78 is 7.19. The molecule has 0 amide bonds. The molecule has 1 fully saturated rings. The first-order chi connectivity index (χ1) is 9.63. The first-order valence-electron chi connectivity index (χ1n) is 6.76. The Balaban J connectivity index is 1.79. The summed E-state index contributed by atoms with van der Waals surface area (Å²) in [5.74, 6) is 0.670. The smallest absolute Gasteiger partial charge is 0.247 e. The summed E-state index contributed by atoms with van der Waals surface area (Å²) >= 11 is 0. The lowest BCUT2D eigenvalue weighted by molar-refractivity contribution is -0.0797. The second kappa shape index (κ2) is 4.86. The van der Waals surface area contributed by atoms with Crippen molar-refractivity contribution in [2.24, 2.45) is 5.41 Å². The monoisotopic (exact) mass is 273 g/mol. The average Bonchev–Trinajstić information content (AvgIpc) is 2.92. The van der Waals surface area contributed by atoms with Crippen molar-refractivity contribution < 1.29 is 4.74 Å². The third-order valence-electron chi connectivity index (χ3n) is 4.24. The van der Waals surface area contributed by atoms with Crippen LogP contribution in [0.4, 0.5) is 5.95 Å². The zero-order valence-corrected chi connectivity index (χ0v) is 11.9. The molecule has 3 rings (SSSR count). The first kappa shape index (κ1) is 13.1. The molecule has 0 spiro atoms. The van der Waals surface area contributed by atoms with Crippen molar-refractivity contribution in [3.63, 3.8) is 0 Å². The molecule has 6 heteroatoms. The average molecular weight is 273 g/mol. The van der Waals surface area contributed by atoms with Gasteiger partial charge in [-0.15, -0.1) is 0 Å². The number of nitrogens with one attached hydrogen (secondary N) is 1. The fraction of sp³-hybridized carbons (Fsp3) is 0.500. The number of hydrogen-bond donors (Lipinski definition) is 1. The number of aromatic nitrogens is 4. The number of anilines is 1. The van der Waals surface area contributed by atoms with E-state index >= 15 is 0 Å². The molecule has 2 unspecified atom stereocenters. The maximum Gasteiger partial charge on any atom is 0.247 e. The second-order valence-electron chi connectivity index (χ2n) is 5.73. The molecule has 1 aliphatic rings. The fourth-order valence-electron chi connectivity index (χ4n) is 2.71. The molecule has 0 bridgehead atoms. The van der Waals surface area contributed by atoms with Crippen molar-refractivity contribution in [3.05, 3.63) is 30.3 Å².